The standard InChI is InChI=1S/C25H26ClN3O3S/c26-19-4-2-1-3-16(19)11-20(29-10-7-18(30)14-29)23-13-27-24(33-23)28-25(8-9-25)17-5-6-21-22(12-17)32-15-31-21/h1-6,12-13,18,20,30H,7-11,14-15H2,(H,27,28)/t18-,20?/m1/s1. The molecule has 0 bridgehead atoms. The van der Waals surface area contributed by atoms with Crippen LogP contribution in [0.2, 0.25) is 5.02 Å². The number of benzene rings is 2. The van der Waals surface area contributed by atoms with E-state index >= 15 is 0 Å². The molecule has 1 unspecified atom stereocenters. The van der Waals surface area contributed by atoms with E-state index in [-0.39, 0.29) is 24.5 Å². The van der Waals surface area contributed by atoms with Gasteiger partial charge in [0.2, 0.25) is 6.79 Å². The van der Waals surface area contributed by atoms with Crippen molar-refractivity contribution in [3.63, 3.8) is 0 Å². The molecule has 2 atom stereocenters. The van der Waals surface area contributed by atoms with Gasteiger partial charge in [0.15, 0.2) is 16.6 Å². The highest BCUT2D eigenvalue weighted by Crippen LogP contribution is 2.51. The molecule has 8 heteroatoms. The van der Waals surface area contributed by atoms with Gasteiger partial charge >= 0.3 is 0 Å². The predicted molar refractivity (Wildman–Crippen MR) is 129 cm³/mol. The quantitative estimate of drug-likeness (QED) is 0.494. The third kappa shape index (κ3) is 4.19. The van der Waals surface area contributed by atoms with Crippen molar-refractivity contribution in [3.8, 4) is 11.5 Å². The molecule has 172 valence electrons. The van der Waals surface area contributed by atoms with Crippen molar-refractivity contribution < 1.29 is 14.6 Å². The molecule has 0 radical (unpaired) electrons. The van der Waals surface area contributed by atoms with E-state index in [2.05, 4.69) is 28.4 Å². The van der Waals surface area contributed by atoms with Crippen molar-refractivity contribution in [2.75, 3.05) is 25.2 Å². The number of hydrogen-bond donors (Lipinski definition) is 2. The smallest absolute Gasteiger partial charge is 0.231 e. The number of aromatic nitrogens is 1. The molecule has 3 aromatic rings. The van der Waals surface area contributed by atoms with E-state index < -0.39 is 0 Å². The van der Waals surface area contributed by atoms with Crippen LogP contribution in [-0.2, 0) is 12.0 Å². The van der Waals surface area contributed by atoms with E-state index in [0.29, 0.717) is 6.54 Å². The maximum atomic E-state index is 10.2. The summed E-state index contributed by atoms with van der Waals surface area (Å²) in [5.41, 5.74) is 2.23. The molecule has 0 amide bonds. The second kappa shape index (κ2) is 8.47. The average molecular weight is 484 g/mol. The van der Waals surface area contributed by atoms with E-state index in [1.165, 1.54) is 10.4 Å². The number of β-amino-alcohol motifs (C(OH)–C–C–N with tert-alkyl or cyclic N) is 1. The normalized spacial score (nSPS) is 21.8. The van der Waals surface area contributed by atoms with Crippen LogP contribution in [0.4, 0.5) is 5.13 Å². The van der Waals surface area contributed by atoms with Gasteiger partial charge in [-0.15, -0.1) is 11.3 Å². The molecule has 6 rings (SSSR count). The van der Waals surface area contributed by atoms with Crippen LogP contribution in [0.1, 0.15) is 41.3 Å². The van der Waals surface area contributed by atoms with E-state index in [1.807, 2.05) is 30.5 Å². The number of aliphatic hydroxyl groups excluding tert-OH is 1. The van der Waals surface area contributed by atoms with Gasteiger partial charge in [-0.1, -0.05) is 35.9 Å². The molecule has 1 aromatic heterocycles. The molecule has 2 N–H and O–H groups in total. The van der Waals surface area contributed by atoms with Crippen LogP contribution >= 0.6 is 22.9 Å². The van der Waals surface area contributed by atoms with Gasteiger partial charge in [0.1, 0.15) is 0 Å². The monoisotopic (exact) mass is 483 g/mol. The second-order valence-electron chi connectivity index (χ2n) is 9.09. The number of likely N-dealkylation sites (tertiary alicyclic amines) is 1. The van der Waals surface area contributed by atoms with Gasteiger partial charge in [0.25, 0.3) is 0 Å². The summed E-state index contributed by atoms with van der Waals surface area (Å²) < 4.78 is 11.0. The zero-order chi connectivity index (χ0) is 22.4. The number of ether oxygens (including phenoxy) is 2. The lowest BCUT2D eigenvalue weighted by Crippen LogP contribution is -2.28. The molecule has 3 heterocycles. The van der Waals surface area contributed by atoms with Crippen molar-refractivity contribution in [1.82, 2.24) is 9.88 Å². The molecule has 2 fully saturated rings. The lowest BCUT2D eigenvalue weighted by Gasteiger charge is -2.27. The fourth-order valence-corrected chi connectivity index (χ4v) is 6.10. The summed E-state index contributed by atoms with van der Waals surface area (Å²) in [6, 6.07) is 14.3. The van der Waals surface area contributed by atoms with Crippen molar-refractivity contribution in [2.24, 2.45) is 0 Å². The van der Waals surface area contributed by atoms with E-state index in [1.54, 1.807) is 11.3 Å². The van der Waals surface area contributed by atoms with Crippen LogP contribution in [0, 0.1) is 0 Å². The zero-order valence-corrected chi connectivity index (χ0v) is 19.7. The van der Waals surface area contributed by atoms with Gasteiger partial charge in [0.05, 0.1) is 11.6 Å². The number of fused-ring (bicyclic) bond motifs is 1. The summed E-state index contributed by atoms with van der Waals surface area (Å²) in [5, 5.41) is 15.6. The first-order chi connectivity index (χ1) is 16.1. The van der Waals surface area contributed by atoms with Crippen LogP contribution < -0.4 is 14.8 Å². The fourth-order valence-electron chi connectivity index (χ4n) is 4.84. The summed E-state index contributed by atoms with van der Waals surface area (Å²) in [7, 11) is 0. The number of hydrogen-bond acceptors (Lipinski definition) is 7. The topological polar surface area (TPSA) is 66.9 Å². The average Bonchev–Trinajstić information content (AvgIpc) is 3.16. The number of nitrogens with zero attached hydrogens (tertiary/aromatic N) is 2. The van der Waals surface area contributed by atoms with Crippen LogP contribution in [0.25, 0.3) is 0 Å². The molecule has 1 aliphatic carbocycles. The molecule has 3 aliphatic rings. The first kappa shape index (κ1) is 21.2. The Hall–Kier alpha value is -2.32. The molecule has 0 spiro atoms. The van der Waals surface area contributed by atoms with Gasteiger partial charge in [-0.2, -0.15) is 0 Å². The molecule has 6 nitrogen and oxygen atoms in total. The van der Waals surface area contributed by atoms with Crippen LogP contribution in [0.15, 0.2) is 48.7 Å². The van der Waals surface area contributed by atoms with Crippen molar-refractivity contribution >= 4 is 28.1 Å². The summed E-state index contributed by atoms with van der Waals surface area (Å²) in [4.78, 5) is 8.29. The van der Waals surface area contributed by atoms with E-state index in [0.717, 1.165) is 59.4 Å². The minimum Gasteiger partial charge on any atom is -0.454 e. The van der Waals surface area contributed by atoms with Crippen LogP contribution in [-0.4, -0.2) is 41.0 Å². The predicted octanol–water partition coefficient (Wildman–Crippen LogP) is 4.98. The molecule has 1 saturated heterocycles. The Balaban J connectivity index is 1.24. The minimum absolute atomic E-state index is 0.0990. The molecule has 33 heavy (non-hydrogen) atoms. The molecule has 2 aliphatic heterocycles. The molecular formula is C25H26ClN3O3S. The Morgan fingerprint density at radius 3 is 2.85 bits per heavy atom. The number of nitrogens with one attached hydrogen (secondary N) is 1. The van der Waals surface area contributed by atoms with Crippen LogP contribution in [0.3, 0.4) is 0 Å². The third-order valence-electron chi connectivity index (χ3n) is 6.88. The van der Waals surface area contributed by atoms with E-state index in [4.69, 9.17) is 26.1 Å². The Kier molecular flexibility index (Phi) is 5.45. The van der Waals surface area contributed by atoms with Crippen molar-refractivity contribution in [3.05, 3.63) is 69.7 Å². The number of aliphatic hydroxyl groups is 1. The minimum atomic E-state index is -0.273. The van der Waals surface area contributed by atoms with Crippen molar-refractivity contribution in [1.29, 1.82) is 0 Å². The summed E-state index contributed by atoms with van der Waals surface area (Å²) in [6.45, 7) is 1.84. The highest BCUT2D eigenvalue weighted by atomic mass is 35.5. The third-order valence-corrected chi connectivity index (χ3v) is 8.26. The molecule has 1 saturated carbocycles. The Morgan fingerprint density at radius 2 is 2.06 bits per heavy atom. The summed E-state index contributed by atoms with van der Waals surface area (Å²) in [5.74, 6) is 1.62. The Bertz CT molecular complexity index is 1170. The second-order valence-corrected chi connectivity index (χ2v) is 10.6. The maximum absolute atomic E-state index is 10.2. The van der Waals surface area contributed by atoms with Gasteiger partial charge < -0.3 is 19.9 Å². The fraction of sp³-hybridized carbons (Fsp3) is 0.400. The number of thiazole rings is 1. The van der Waals surface area contributed by atoms with Gasteiger partial charge in [-0.3, -0.25) is 4.90 Å². The first-order valence-electron chi connectivity index (χ1n) is 11.4. The molecule has 2 aromatic carbocycles. The Labute approximate surface area is 202 Å². The van der Waals surface area contributed by atoms with Gasteiger partial charge in [-0.25, -0.2) is 4.98 Å². The SMILES string of the molecule is O[C@@H]1CCN(C(Cc2ccccc2Cl)c2cnc(NC3(c4ccc5c(c4)OCO5)CC3)s2)C1. The van der Waals surface area contributed by atoms with Gasteiger partial charge in [0, 0.05) is 35.2 Å². The molecular weight excluding hydrogens is 458 g/mol. The highest BCUT2D eigenvalue weighted by molar-refractivity contribution is 7.15. The number of anilines is 1. The zero-order valence-electron chi connectivity index (χ0n) is 18.2. The maximum Gasteiger partial charge on any atom is 0.231 e. The van der Waals surface area contributed by atoms with Crippen molar-refractivity contribution in [2.45, 2.75) is 43.4 Å². The Morgan fingerprint density at radius 1 is 1.21 bits per heavy atom. The number of rotatable bonds is 7. The highest BCUT2D eigenvalue weighted by Gasteiger charge is 2.45. The van der Waals surface area contributed by atoms with Gasteiger partial charge in [-0.05, 0) is 55.0 Å². The summed E-state index contributed by atoms with van der Waals surface area (Å²) in [6.07, 6.45) is 5.42. The lowest BCUT2D eigenvalue weighted by atomic mass is 10.0. The largest absolute Gasteiger partial charge is 0.454 e. The summed E-state index contributed by atoms with van der Waals surface area (Å²) >= 11 is 8.18. The van der Waals surface area contributed by atoms with Crippen LogP contribution in [0.5, 0.6) is 11.5 Å². The number of halogens is 1. The lowest BCUT2D eigenvalue weighted by molar-refractivity contribution is 0.159. The first-order valence-corrected chi connectivity index (χ1v) is 12.6. The van der Waals surface area contributed by atoms with E-state index in [9.17, 15) is 5.11 Å².